The van der Waals surface area contributed by atoms with Crippen molar-refractivity contribution in [1.29, 1.82) is 0 Å². The van der Waals surface area contributed by atoms with Crippen LogP contribution in [-0.4, -0.2) is 87.8 Å². The highest BCUT2D eigenvalue weighted by Crippen LogP contribution is 2.28. The number of piperazine rings is 1. The van der Waals surface area contributed by atoms with E-state index >= 15 is 0 Å². The third-order valence-corrected chi connectivity index (χ3v) is 8.67. The van der Waals surface area contributed by atoms with Crippen molar-refractivity contribution in [2.75, 3.05) is 59.4 Å². The molecule has 2 aliphatic rings. The fourth-order valence-electron chi connectivity index (χ4n) is 4.07. The maximum atomic E-state index is 12.8. The van der Waals surface area contributed by atoms with E-state index in [0.717, 1.165) is 39.1 Å². The van der Waals surface area contributed by atoms with Gasteiger partial charge in [-0.25, -0.2) is 12.7 Å². The minimum absolute atomic E-state index is 0.0320. The Morgan fingerprint density at radius 1 is 1.06 bits per heavy atom. The summed E-state index contributed by atoms with van der Waals surface area (Å²) < 4.78 is 27.1. The van der Waals surface area contributed by atoms with Gasteiger partial charge >= 0.3 is 0 Å². The molecule has 31 heavy (non-hydrogen) atoms. The third-order valence-electron chi connectivity index (χ3n) is 6.15. The molecule has 2 fully saturated rings. The van der Waals surface area contributed by atoms with Crippen molar-refractivity contribution in [3.63, 3.8) is 0 Å². The molecule has 174 valence electrons. The van der Waals surface area contributed by atoms with Crippen LogP contribution < -0.4 is 5.32 Å². The van der Waals surface area contributed by atoms with E-state index in [1.165, 1.54) is 4.31 Å². The van der Waals surface area contributed by atoms with Crippen LogP contribution in [0.25, 0.3) is 0 Å². The molecular weight excluding hydrogens is 459 g/mol. The minimum atomic E-state index is -3.54. The number of nitrogens with one attached hydrogen (secondary N) is 1. The number of hydrogen-bond donors (Lipinski definition) is 1. The van der Waals surface area contributed by atoms with Crippen molar-refractivity contribution >= 4 is 39.1 Å². The maximum absolute atomic E-state index is 12.8. The van der Waals surface area contributed by atoms with Gasteiger partial charge in [0, 0.05) is 67.3 Å². The summed E-state index contributed by atoms with van der Waals surface area (Å²) in [5.74, 6) is -0.335. The van der Waals surface area contributed by atoms with Gasteiger partial charge in [0.25, 0.3) is 0 Å². The maximum Gasteiger partial charge on any atom is 0.223 e. The number of nitrogens with zero attached hydrogens (tertiary/aromatic N) is 3. The monoisotopic (exact) mass is 490 g/mol. The molecule has 7 nitrogen and oxygen atoms in total. The van der Waals surface area contributed by atoms with Crippen LogP contribution >= 0.6 is 23.2 Å². The fourth-order valence-corrected chi connectivity index (χ4v) is 6.39. The molecule has 10 heteroatoms. The number of hydrogen-bond acceptors (Lipinski definition) is 5. The number of piperidine rings is 1. The van der Waals surface area contributed by atoms with E-state index in [1.807, 2.05) is 0 Å². The van der Waals surface area contributed by atoms with Crippen molar-refractivity contribution in [3.05, 3.63) is 33.8 Å². The summed E-state index contributed by atoms with van der Waals surface area (Å²) in [6.07, 6.45) is 1.99. The van der Waals surface area contributed by atoms with Crippen LogP contribution in [0.4, 0.5) is 0 Å². The second kappa shape index (κ2) is 11.3. The van der Waals surface area contributed by atoms with Gasteiger partial charge in [0.05, 0.1) is 5.75 Å². The molecular formula is C21H32Cl2N4O3S. The summed E-state index contributed by atoms with van der Waals surface area (Å²) in [6, 6.07) is 4.97. The molecule has 0 spiro atoms. The van der Waals surface area contributed by atoms with E-state index in [2.05, 4.69) is 22.2 Å². The van der Waals surface area contributed by atoms with Crippen LogP contribution in [0.2, 0.25) is 10.0 Å². The first kappa shape index (κ1) is 24.7. The predicted molar refractivity (Wildman–Crippen MR) is 125 cm³/mol. The lowest BCUT2D eigenvalue weighted by atomic mass is 9.97. The van der Waals surface area contributed by atoms with Gasteiger partial charge in [-0.3, -0.25) is 4.79 Å². The van der Waals surface area contributed by atoms with Crippen LogP contribution in [-0.2, 0) is 20.6 Å². The molecule has 3 rings (SSSR count). The molecule has 0 bridgehead atoms. The predicted octanol–water partition coefficient (Wildman–Crippen LogP) is 2.29. The zero-order chi connectivity index (χ0) is 22.4. The lowest BCUT2D eigenvalue weighted by molar-refractivity contribution is -0.126. The van der Waals surface area contributed by atoms with Crippen LogP contribution in [0.5, 0.6) is 0 Å². The van der Waals surface area contributed by atoms with E-state index in [9.17, 15) is 13.2 Å². The van der Waals surface area contributed by atoms with Gasteiger partial charge in [-0.05, 0) is 45.0 Å². The number of rotatable bonds is 8. The highest BCUT2D eigenvalue weighted by molar-refractivity contribution is 7.88. The number of likely N-dealkylation sites (N-methyl/N-ethyl adjacent to an activating group) is 1. The summed E-state index contributed by atoms with van der Waals surface area (Å²) in [4.78, 5) is 17.3. The topological polar surface area (TPSA) is 73.0 Å². The highest BCUT2D eigenvalue weighted by atomic mass is 35.5. The summed E-state index contributed by atoms with van der Waals surface area (Å²) >= 11 is 12.3. The zero-order valence-electron chi connectivity index (χ0n) is 18.0. The van der Waals surface area contributed by atoms with Crippen molar-refractivity contribution in [2.24, 2.45) is 5.92 Å². The highest BCUT2D eigenvalue weighted by Gasteiger charge is 2.31. The molecule has 0 atom stereocenters. The quantitative estimate of drug-likeness (QED) is 0.565. The molecule has 0 radical (unpaired) electrons. The van der Waals surface area contributed by atoms with E-state index in [1.54, 1.807) is 18.2 Å². The average Bonchev–Trinajstić information content (AvgIpc) is 2.75. The van der Waals surface area contributed by atoms with Crippen molar-refractivity contribution in [1.82, 2.24) is 19.4 Å². The Hall–Kier alpha value is -0.900. The SMILES string of the molecule is CN1CCN(CCCNC(=O)C2CCN(S(=O)(=O)Cc3c(Cl)cccc3Cl)CC2)CC1. The zero-order valence-corrected chi connectivity index (χ0v) is 20.4. The Morgan fingerprint density at radius 2 is 1.68 bits per heavy atom. The number of benzene rings is 1. The molecule has 0 unspecified atom stereocenters. The van der Waals surface area contributed by atoms with Crippen LogP contribution in [0.1, 0.15) is 24.8 Å². The van der Waals surface area contributed by atoms with Crippen LogP contribution in [0.15, 0.2) is 18.2 Å². The standard InChI is InChI=1S/C21H32Cl2N4O3S/c1-25-12-14-26(15-13-25)9-3-8-24-21(28)17-6-10-27(11-7-17)31(29,30)16-18-19(22)4-2-5-20(18)23/h2,4-5,17H,3,6-16H2,1H3,(H,24,28). The largest absolute Gasteiger partial charge is 0.356 e. The third kappa shape index (κ3) is 7.04. The van der Waals surface area contributed by atoms with E-state index in [-0.39, 0.29) is 17.6 Å². The molecule has 0 saturated carbocycles. The van der Waals surface area contributed by atoms with Crippen LogP contribution in [0, 0.1) is 5.92 Å². The number of carbonyl (C=O) groups excluding carboxylic acids is 1. The molecule has 1 aromatic rings. The Morgan fingerprint density at radius 3 is 2.29 bits per heavy atom. The minimum Gasteiger partial charge on any atom is -0.356 e. The number of sulfonamides is 1. The first-order chi connectivity index (χ1) is 14.8. The van der Waals surface area contributed by atoms with Gasteiger partial charge in [0.2, 0.25) is 15.9 Å². The van der Waals surface area contributed by atoms with Crippen molar-refractivity contribution in [2.45, 2.75) is 25.0 Å². The van der Waals surface area contributed by atoms with Gasteiger partial charge in [0.1, 0.15) is 0 Å². The van der Waals surface area contributed by atoms with Crippen molar-refractivity contribution < 1.29 is 13.2 Å². The molecule has 0 aromatic heterocycles. The molecule has 0 aliphatic carbocycles. The lowest BCUT2D eigenvalue weighted by Gasteiger charge is -2.32. The Labute approximate surface area is 195 Å². The van der Waals surface area contributed by atoms with E-state index in [4.69, 9.17) is 23.2 Å². The number of halogens is 2. The molecule has 2 aliphatic heterocycles. The summed E-state index contributed by atoms with van der Waals surface area (Å²) in [5.41, 5.74) is 0.422. The molecule has 1 aromatic carbocycles. The van der Waals surface area contributed by atoms with Gasteiger partial charge in [-0.2, -0.15) is 0 Å². The van der Waals surface area contributed by atoms with Crippen LogP contribution in [0.3, 0.4) is 0 Å². The second-order valence-electron chi connectivity index (χ2n) is 8.42. The second-order valence-corrected chi connectivity index (χ2v) is 11.2. The van der Waals surface area contributed by atoms with E-state index in [0.29, 0.717) is 48.1 Å². The van der Waals surface area contributed by atoms with Gasteiger partial charge in [-0.15, -0.1) is 0 Å². The Bertz CT molecular complexity index is 832. The fraction of sp³-hybridized carbons (Fsp3) is 0.667. The molecule has 1 N–H and O–H groups in total. The molecule has 2 heterocycles. The number of carbonyl (C=O) groups is 1. The van der Waals surface area contributed by atoms with Gasteiger partial charge < -0.3 is 15.1 Å². The lowest BCUT2D eigenvalue weighted by Crippen LogP contribution is -2.45. The summed E-state index contributed by atoms with van der Waals surface area (Å²) in [7, 11) is -1.41. The first-order valence-corrected chi connectivity index (χ1v) is 13.2. The van der Waals surface area contributed by atoms with Gasteiger partial charge in [0.15, 0.2) is 0 Å². The molecule has 1 amide bonds. The number of amides is 1. The van der Waals surface area contributed by atoms with E-state index < -0.39 is 10.0 Å². The van der Waals surface area contributed by atoms with Gasteiger partial charge in [-0.1, -0.05) is 29.3 Å². The summed E-state index contributed by atoms with van der Waals surface area (Å²) in [6.45, 7) is 6.68. The Balaban J connectivity index is 1.39. The Kier molecular flexibility index (Phi) is 9.01. The summed E-state index contributed by atoms with van der Waals surface area (Å²) in [5, 5.41) is 3.73. The average molecular weight is 491 g/mol. The smallest absolute Gasteiger partial charge is 0.223 e. The molecule has 2 saturated heterocycles. The van der Waals surface area contributed by atoms with Crippen molar-refractivity contribution in [3.8, 4) is 0 Å². The first-order valence-electron chi connectivity index (χ1n) is 10.9. The normalized spacial score (nSPS) is 20.1.